The molecule has 2 aromatic rings. The van der Waals surface area contributed by atoms with Crippen molar-refractivity contribution < 1.29 is 13.6 Å². The predicted molar refractivity (Wildman–Crippen MR) is 95.0 cm³/mol. The number of nitrogens with one attached hydrogen (secondary N) is 1. The van der Waals surface area contributed by atoms with Crippen LogP contribution < -0.4 is 10.2 Å². The molecule has 4 nitrogen and oxygen atoms in total. The van der Waals surface area contributed by atoms with Crippen LogP contribution >= 0.6 is 11.3 Å². The van der Waals surface area contributed by atoms with Crippen molar-refractivity contribution in [2.45, 2.75) is 38.5 Å². The molecule has 6 rings (SSSR count). The van der Waals surface area contributed by atoms with Gasteiger partial charge < -0.3 is 4.57 Å². The van der Waals surface area contributed by atoms with Gasteiger partial charge >= 0.3 is 0 Å². The molecule has 26 heavy (non-hydrogen) atoms. The highest BCUT2D eigenvalue weighted by atomic mass is 32.1. The standard InChI is InChI=1S/C19H21F2N3OS/c1-24-15-5-13(20)14(21)6-16(15)26-18(24)23-22-17(25)19-7-10-2-11(8-19)4-12(3-10)9-19/h5-6,10-12H,2-4,7-9H2,1H3,(H,22,25)/b23-18-. The fourth-order valence-electron chi connectivity index (χ4n) is 5.84. The summed E-state index contributed by atoms with van der Waals surface area (Å²) in [6, 6.07) is 2.34. The van der Waals surface area contributed by atoms with Gasteiger partial charge in [0.15, 0.2) is 11.6 Å². The molecule has 7 heteroatoms. The molecule has 0 aliphatic heterocycles. The van der Waals surface area contributed by atoms with Crippen LogP contribution in [0.2, 0.25) is 0 Å². The van der Waals surface area contributed by atoms with Gasteiger partial charge in [0, 0.05) is 13.1 Å². The van der Waals surface area contributed by atoms with Gasteiger partial charge in [0.25, 0.3) is 0 Å². The van der Waals surface area contributed by atoms with Crippen LogP contribution in [0.25, 0.3) is 10.2 Å². The Morgan fingerprint density at radius 3 is 2.35 bits per heavy atom. The topological polar surface area (TPSA) is 46.4 Å². The summed E-state index contributed by atoms with van der Waals surface area (Å²) >= 11 is 1.24. The number of carbonyl (C=O) groups is 1. The molecule has 0 saturated heterocycles. The quantitative estimate of drug-likeness (QED) is 0.798. The Balaban J connectivity index is 1.44. The third-order valence-corrected chi connectivity index (χ3v) is 7.72. The third kappa shape index (κ3) is 2.43. The summed E-state index contributed by atoms with van der Waals surface area (Å²) in [5, 5.41) is 4.30. The van der Waals surface area contributed by atoms with Crippen molar-refractivity contribution in [3.8, 4) is 0 Å². The van der Waals surface area contributed by atoms with Crippen LogP contribution in [-0.4, -0.2) is 10.5 Å². The van der Waals surface area contributed by atoms with Gasteiger partial charge in [0.2, 0.25) is 10.7 Å². The molecular formula is C19H21F2N3OS. The molecule has 4 saturated carbocycles. The Labute approximate surface area is 153 Å². The molecule has 138 valence electrons. The lowest BCUT2D eigenvalue weighted by Crippen LogP contribution is -2.53. The van der Waals surface area contributed by atoms with Crippen molar-refractivity contribution in [2.24, 2.45) is 35.3 Å². The van der Waals surface area contributed by atoms with Crippen LogP contribution in [0, 0.1) is 34.8 Å². The lowest BCUT2D eigenvalue weighted by molar-refractivity contribution is -0.146. The number of fused-ring (bicyclic) bond motifs is 1. The van der Waals surface area contributed by atoms with E-state index in [1.165, 1.54) is 42.7 Å². The molecule has 4 fully saturated rings. The molecule has 0 spiro atoms. The van der Waals surface area contributed by atoms with E-state index >= 15 is 0 Å². The van der Waals surface area contributed by atoms with Crippen molar-refractivity contribution in [2.75, 3.05) is 0 Å². The van der Waals surface area contributed by atoms with Crippen molar-refractivity contribution in [3.05, 3.63) is 28.6 Å². The van der Waals surface area contributed by atoms with Crippen molar-refractivity contribution in [1.29, 1.82) is 0 Å². The normalized spacial score (nSPS) is 33.2. The Morgan fingerprint density at radius 2 is 1.73 bits per heavy atom. The summed E-state index contributed by atoms with van der Waals surface area (Å²) < 4.78 is 29.2. The first-order chi connectivity index (χ1) is 12.4. The van der Waals surface area contributed by atoms with E-state index in [0.29, 0.717) is 32.8 Å². The number of hydrogen-bond donors (Lipinski definition) is 1. The molecule has 1 heterocycles. The lowest BCUT2D eigenvalue weighted by Gasteiger charge is -2.55. The first kappa shape index (κ1) is 16.4. The van der Waals surface area contributed by atoms with Gasteiger partial charge in [-0.25, -0.2) is 14.2 Å². The molecule has 4 aliphatic carbocycles. The van der Waals surface area contributed by atoms with E-state index in [1.807, 2.05) is 0 Å². The summed E-state index contributed by atoms with van der Waals surface area (Å²) in [4.78, 5) is 13.5. The van der Waals surface area contributed by atoms with Crippen molar-refractivity contribution in [1.82, 2.24) is 9.99 Å². The molecular weight excluding hydrogens is 356 g/mol. The van der Waals surface area contributed by atoms with Gasteiger partial charge in [0.05, 0.1) is 15.6 Å². The number of carbonyl (C=O) groups excluding carboxylic acids is 1. The molecule has 0 unspecified atom stereocenters. The smallest absolute Gasteiger partial charge is 0.246 e. The zero-order valence-electron chi connectivity index (χ0n) is 14.6. The molecule has 4 aliphatic rings. The number of hydrogen-bond acceptors (Lipinski definition) is 3. The van der Waals surface area contributed by atoms with Crippen LogP contribution in [0.5, 0.6) is 0 Å². The summed E-state index contributed by atoms with van der Waals surface area (Å²) in [5.41, 5.74) is 3.08. The molecule has 1 N–H and O–H groups in total. The van der Waals surface area contributed by atoms with Gasteiger partial charge in [-0.3, -0.25) is 4.79 Å². The largest absolute Gasteiger partial charge is 0.318 e. The second-order valence-corrected chi connectivity index (χ2v) is 9.44. The average molecular weight is 377 g/mol. The minimum Gasteiger partial charge on any atom is -0.318 e. The van der Waals surface area contributed by atoms with Gasteiger partial charge in [-0.2, -0.15) is 0 Å². The van der Waals surface area contributed by atoms with E-state index in [-0.39, 0.29) is 11.3 Å². The Bertz CT molecular complexity index is 942. The Morgan fingerprint density at radius 1 is 1.15 bits per heavy atom. The highest BCUT2D eigenvalue weighted by Gasteiger charge is 2.54. The van der Waals surface area contributed by atoms with E-state index < -0.39 is 11.6 Å². The van der Waals surface area contributed by atoms with E-state index in [9.17, 15) is 13.6 Å². The molecule has 4 bridgehead atoms. The summed E-state index contributed by atoms with van der Waals surface area (Å²) in [7, 11) is 1.74. The maximum absolute atomic E-state index is 13.5. The van der Waals surface area contributed by atoms with E-state index in [2.05, 4.69) is 10.5 Å². The highest BCUT2D eigenvalue weighted by molar-refractivity contribution is 7.16. The zero-order chi connectivity index (χ0) is 18.1. The molecule has 1 amide bonds. The number of benzene rings is 1. The molecule has 1 aromatic carbocycles. The zero-order valence-corrected chi connectivity index (χ0v) is 15.4. The molecule has 1 aromatic heterocycles. The molecule has 0 atom stereocenters. The van der Waals surface area contributed by atoms with Crippen LogP contribution in [0.1, 0.15) is 38.5 Å². The van der Waals surface area contributed by atoms with E-state index in [1.54, 1.807) is 11.6 Å². The van der Waals surface area contributed by atoms with Crippen molar-refractivity contribution in [3.63, 3.8) is 0 Å². The maximum atomic E-state index is 13.5. The number of rotatable bonds is 2. The van der Waals surface area contributed by atoms with Crippen LogP contribution in [0.4, 0.5) is 8.78 Å². The Hall–Kier alpha value is -1.76. The van der Waals surface area contributed by atoms with Crippen molar-refractivity contribution >= 4 is 27.5 Å². The van der Waals surface area contributed by atoms with Crippen LogP contribution in [0.15, 0.2) is 17.2 Å². The second kappa shape index (κ2) is 5.62. The summed E-state index contributed by atoms with van der Waals surface area (Å²) in [6.07, 6.45) is 6.80. The average Bonchev–Trinajstić information content (AvgIpc) is 2.87. The van der Waals surface area contributed by atoms with Gasteiger partial charge in [-0.05, 0) is 62.3 Å². The minimum atomic E-state index is -0.880. The summed E-state index contributed by atoms with van der Waals surface area (Å²) in [6.45, 7) is 0. The second-order valence-electron chi connectivity index (χ2n) is 8.43. The minimum absolute atomic E-state index is 0.0198. The van der Waals surface area contributed by atoms with Gasteiger partial charge in [-0.15, -0.1) is 5.10 Å². The van der Waals surface area contributed by atoms with Crippen LogP contribution in [-0.2, 0) is 11.8 Å². The lowest BCUT2D eigenvalue weighted by atomic mass is 9.49. The number of amides is 1. The van der Waals surface area contributed by atoms with Gasteiger partial charge in [0.1, 0.15) is 0 Å². The van der Waals surface area contributed by atoms with Crippen LogP contribution in [0.3, 0.4) is 0 Å². The fraction of sp³-hybridized carbons (Fsp3) is 0.579. The number of thiazole rings is 1. The first-order valence-corrected chi connectivity index (χ1v) is 10.0. The van der Waals surface area contributed by atoms with Gasteiger partial charge in [-0.1, -0.05) is 11.3 Å². The SMILES string of the molecule is Cn1/c(=N/NC(=O)C23CC4CC(CC(C4)C2)C3)sc2cc(F)c(F)cc21. The third-order valence-electron chi connectivity index (χ3n) is 6.62. The first-order valence-electron chi connectivity index (χ1n) is 9.22. The van der Waals surface area contributed by atoms with E-state index in [0.717, 1.165) is 19.3 Å². The number of aryl methyl sites for hydroxylation is 1. The fourth-order valence-corrected chi connectivity index (χ4v) is 6.82. The van der Waals surface area contributed by atoms with E-state index in [4.69, 9.17) is 0 Å². The Kier molecular flexibility index (Phi) is 3.55. The molecule has 0 radical (unpaired) electrons. The summed E-state index contributed by atoms with van der Waals surface area (Å²) in [5.74, 6) is 0.347. The number of aromatic nitrogens is 1. The highest BCUT2D eigenvalue weighted by Crippen LogP contribution is 2.60. The monoisotopic (exact) mass is 377 g/mol. The maximum Gasteiger partial charge on any atom is 0.246 e. The number of nitrogens with zero attached hydrogens (tertiary/aromatic N) is 2. The number of halogens is 2. The predicted octanol–water partition coefficient (Wildman–Crippen LogP) is 3.67.